The first kappa shape index (κ1) is 16.5. The minimum atomic E-state index is -0.267. The summed E-state index contributed by atoms with van der Waals surface area (Å²) in [6.07, 6.45) is 3.58. The van der Waals surface area contributed by atoms with Gasteiger partial charge in [0.25, 0.3) is 0 Å². The maximum Gasteiger partial charge on any atom is 0.220 e. The van der Waals surface area contributed by atoms with Crippen LogP contribution in [-0.4, -0.2) is 30.0 Å². The quantitative estimate of drug-likeness (QED) is 0.691. The van der Waals surface area contributed by atoms with Crippen molar-refractivity contribution in [2.24, 2.45) is 5.73 Å². The first-order chi connectivity index (χ1) is 6.02. The van der Waals surface area contributed by atoms with Crippen LogP contribution in [0.5, 0.6) is 0 Å². The standard InChI is InChI=1S/C9H20N2OS.ClH/c1-9(2,7-10)11-8(12)5-4-6-13-3;/h4-7,10H2,1-3H3,(H,11,12);1H. The van der Waals surface area contributed by atoms with Crippen LogP contribution in [0.4, 0.5) is 0 Å². The van der Waals surface area contributed by atoms with Crippen molar-refractivity contribution < 1.29 is 4.79 Å². The lowest BCUT2D eigenvalue weighted by molar-refractivity contribution is -0.122. The van der Waals surface area contributed by atoms with Crippen molar-refractivity contribution in [1.82, 2.24) is 5.32 Å². The Kier molecular flexibility index (Phi) is 9.88. The summed E-state index contributed by atoms with van der Waals surface area (Å²) in [5, 5.41) is 2.89. The number of carbonyl (C=O) groups is 1. The zero-order valence-electron chi connectivity index (χ0n) is 9.13. The predicted octanol–water partition coefficient (Wildman–Crippen LogP) is 1.40. The van der Waals surface area contributed by atoms with Gasteiger partial charge in [0.1, 0.15) is 0 Å². The number of nitrogens with two attached hydrogens (primary N) is 1. The highest BCUT2D eigenvalue weighted by Crippen LogP contribution is 2.02. The van der Waals surface area contributed by atoms with Crippen molar-refractivity contribution in [3.63, 3.8) is 0 Å². The Hall–Kier alpha value is 0.0700. The molecule has 14 heavy (non-hydrogen) atoms. The van der Waals surface area contributed by atoms with Gasteiger partial charge in [-0.25, -0.2) is 0 Å². The lowest BCUT2D eigenvalue weighted by atomic mass is 10.1. The summed E-state index contributed by atoms with van der Waals surface area (Å²) < 4.78 is 0. The fourth-order valence-corrected chi connectivity index (χ4v) is 1.30. The normalized spacial score (nSPS) is 10.6. The summed E-state index contributed by atoms with van der Waals surface area (Å²) in [6, 6.07) is 0. The van der Waals surface area contributed by atoms with Crippen LogP contribution in [-0.2, 0) is 4.79 Å². The Morgan fingerprint density at radius 2 is 2.07 bits per heavy atom. The Morgan fingerprint density at radius 1 is 1.50 bits per heavy atom. The van der Waals surface area contributed by atoms with Crippen molar-refractivity contribution in [2.45, 2.75) is 32.2 Å². The maximum atomic E-state index is 11.3. The van der Waals surface area contributed by atoms with Gasteiger partial charge in [-0.05, 0) is 32.3 Å². The van der Waals surface area contributed by atoms with E-state index in [1.165, 1.54) is 0 Å². The lowest BCUT2D eigenvalue weighted by Crippen LogP contribution is -2.48. The van der Waals surface area contributed by atoms with Crippen LogP contribution in [0.3, 0.4) is 0 Å². The highest BCUT2D eigenvalue weighted by molar-refractivity contribution is 7.98. The van der Waals surface area contributed by atoms with Gasteiger partial charge in [0.2, 0.25) is 5.91 Å². The molecule has 0 bridgehead atoms. The molecule has 0 aliphatic rings. The second-order valence-electron chi connectivity index (χ2n) is 3.73. The van der Waals surface area contributed by atoms with E-state index >= 15 is 0 Å². The van der Waals surface area contributed by atoms with E-state index in [2.05, 4.69) is 5.32 Å². The lowest BCUT2D eigenvalue weighted by Gasteiger charge is -2.24. The Morgan fingerprint density at radius 3 is 2.50 bits per heavy atom. The monoisotopic (exact) mass is 240 g/mol. The third-order valence-corrected chi connectivity index (χ3v) is 2.44. The molecule has 0 aromatic heterocycles. The van der Waals surface area contributed by atoms with Gasteiger partial charge in [-0.15, -0.1) is 12.4 Å². The molecule has 0 spiro atoms. The van der Waals surface area contributed by atoms with E-state index in [4.69, 9.17) is 5.73 Å². The van der Waals surface area contributed by atoms with Gasteiger partial charge in [-0.1, -0.05) is 0 Å². The summed E-state index contributed by atoms with van der Waals surface area (Å²) in [7, 11) is 0. The molecule has 0 saturated heterocycles. The second kappa shape index (κ2) is 8.38. The molecule has 0 aromatic rings. The van der Waals surface area contributed by atoms with Crippen LogP contribution in [0.25, 0.3) is 0 Å². The Bertz CT molecular complexity index is 165. The largest absolute Gasteiger partial charge is 0.350 e. The summed E-state index contributed by atoms with van der Waals surface area (Å²) in [5.41, 5.74) is 5.22. The second-order valence-corrected chi connectivity index (χ2v) is 4.72. The van der Waals surface area contributed by atoms with Gasteiger partial charge >= 0.3 is 0 Å². The van der Waals surface area contributed by atoms with Gasteiger partial charge in [-0.2, -0.15) is 11.8 Å². The molecule has 0 aliphatic carbocycles. The highest BCUT2D eigenvalue weighted by atomic mass is 35.5. The van der Waals surface area contributed by atoms with Crippen LogP contribution in [0.15, 0.2) is 0 Å². The molecular weight excluding hydrogens is 220 g/mol. The van der Waals surface area contributed by atoms with Gasteiger partial charge in [0.15, 0.2) is 0 Å². The molecule has 0 rings (SSSR count). The van der Waals surface area contributed by atoms with Crippen LogP contribution >= 0.6 is 24.2 Å². The van der Waals surface area contributed by atoms with Gasteiger partial charge in [-0.3, -0.25) is 4.79 Å². The first-order valence-electron chi connectivity index (χ1n) is 4.52. The van der Waals surface area contributed by atoms with Crippen LogP contribution in [0, 0.1) is 0 Å². The van der Waals surface area contributed by atoms with Gasteiger partial charge in [0.05, 0.1) is 0 Å². The molecule has 3 N–H and O–H groups in total. The van der Waals surface area contributed by atoms with Crippen molar-refractivity contribution in [3.05, 3.63) is 0 Å². The fourth-order valence-electron chi connectivity index (χ4n) is 0.868. The molecule has 86 valence electrons. The number of halogens is 1. The molecule has 0 fully saturated rings. The topological polar surface area (TPSA) is 55.1 Å². The van der Waals surface area contributed by atoms with E-state index in [9.17, 15) is 4.79 Å². The molecule has 1 amide bonds. The van der Waals surface area contributed by atoms with E-state index in [1.54, 1.807) is 11.8 Å². The average Bonchev–Trinajstić information content (AvgIpc) is 2.04. The van der Waals surface area contributed by atoms with Crippen molar-refractivity contribution in [2.75, 3.05) is 18.6 Å². The maximum absolute atomic E-state index is 11.3. The van der Waals surface area contributed by atoms with Gasteiger partial charge < -0.3 is 11.1 Å². The number of amides is 1. The van der Waals surface area contributed by atoms with E-state index in [1.807, 2.05) is 20.1 Å². The molecule has 5 heteroatoms. The highest BCUT2D eigenvalue weighted by Gasteiger charge is 2.17. The minimum absolute atomic E-state index is 0. The van der Waals surface area contributed by atoms with E-state index in [-0.39, 0.29) is 23.9 Å². The number of thioether (sulfide) groups is 1. The minimum Gasteiger partial charge on any atom is -0.350 e. The molecular formula is C9H21ClN2OS. The molecule has 0 atom stereocenters. The smallest absolute Gasteiger partial charge is 0.220 e. The van der Waals surface area contributed by atoms with E-state index in [0.29, 0.717) is 13.0 Å². The fraction of sp³-hybridized carbons (Fsp3) is 0.889. The number of carbonyl (C=O) groups excluding carboxylic acids is 1. The van der Waals surface area contributed by atoms with Crippen LogP contribution < -0.4 is 11.1 Å². The van der Waals surface area contributed by atoms with Crippen LogP contribution in [0.1, 0.15) is 26.7 Å². The molecule has 0 heterocycles. The SMILES string of the molecule is CSCCCC(=O)NC(C)(C)CN.Cl. The Balaban J connectivity index is 0. The van der Waals surface area contributed by atoms with Crippen molar-refractivity contribution in [3.8, 4) is 0 Å². The average molecular weight is 241 g/mol. The number of hydrogen-bond acceptors (Lipinski definition) is 3. The Labute approximate surface area is 97.0 Å². The van der Waals surface area contributed by atoms with Crippen LogP contribution in [0.2, 0.25) is 0 Å². The summed E-state index contributed by atoms with van der Waals surface area (Å²) in [6.45, 7) is 4.33. The molecule has 3 nitrogen and oxygen atoms in total. The molecule has 0 radical (unpaired) electrons. The zero-order valence-corrected chi connectivity index (χ0v) is 10.8. The number of hydrogen-bond donors (Lipinski definition) is 2. The molecule has 0 saturated carbocycles. The number of rotatable bonds is 6. The number of nitrogens with one attached hydrogen (secondary N) is 1. The summed E-state index contributed by atoms with van der Waals surface area (Å²) in [4.78, 5) is 11.3. The molecule has 0 aliphatic heterocycles. The first-order valence-corrected chi connectivity index (χ1v) is 5.91. The van der Waals surface area contributed by atoms with E-state index < -0.39 is 0 Å². The van der Waals surface area contributed by atoms with Crippen molar-refractivity contribution in [1.29, 1.82) is 0 Å². The molecule has 0 unspecified atom stereocenters. The zero-order chi connectivity index (χ0) is 10.3. The predicted molar refractivity (Wildman–Crippen MR) is 66.1 cm³/mol. The van der Waals surface area contributed by atoms with E-state index in [0.717, 1.165) is 12.2 Å². The summed E-state index contributed by atoms with van der Waals surface area (Å²) in [5.74, 6) is 1.14. The van der Waals surface area contributed by atoms with Gasteiger partial charge in [0, 0.05) is 18.5 Å². The van der Waals surface area contributed by atoms with Crippen molar-refractivity contribution >= 4 is 30.1 Å². The third kappa shape index (κ3) is 8.66. The summed E-state index contributed by atoms with van der Waals surface area (Å²) >= 11 is 1.76. The molecule has 0 aromatic carbocycles. The third-order valence-electron chi connectivity index (χ3n) is 1.74.